The van der Waals surface area contributed by atoms with Crippen LogP contribution in [0.4, 0.5) is 5.69 Å². The second-order valence-corrected chi connectivity index (χ2v) is 9.04. The minimum atomic E-state index is -0.386. The number of amides is 2. The second-order valence-electron chi connectivity index (χ2n) is 7.99. The number of thioether (sulfide) groups is 1. The van der Waals surface area contributed by atoms with Gasteiger partial charge in [-0.1, -0.05) is 78.9 Å². The number of carbonyl (C=O) groups excluding carboxylic acids is 2. The van der Waals surface area contributed by atoms with Gasteiger partial charge in [-0.25, -0.2) is 0 Å². The number of aryl methyl sites for hydroxylation is 1. The molecule has 4 aromatic rings. The lowest BCUT2D eigenvalue weighted by Crippen LogP contribution is -2.30. The van der Waals surface area contributed by atoms with Crippen LogP contribution in [0.1, 0.15) is 27.0 Å². The molecule has 2 N–H and O–H groups in total. The molecule has 0 aliphatic carbocycles. The van der Waals surface area contributed by atoms with Gasteiger partial charge < -0.3 is 10.6 Å². The SMILES string of the molecule is Cc1ccccc1/C=C(\NC(=O)c1ccccc1)C(=O)Nc1cccc(SCc2ccccc2)c1. The summed E-state index contributed by atoms with van der Waals surface area (Å²) in [4.78, 5) is 27.2. The first-order valence-corrected chi connectivity index (χ1v) is 12.3. The van der Waals surface area contributed by atoms with E-state index in [-0.39, 0.29) is 17.5 Å². The molecular weight excluding hydrogens is 452 g/mol. The van der Waals surface area contributed by atoms with Crippen LogP contribution in [-0.4, -0.2) is 11.8 Å². The largest absolute Gasteiger partial charge is 0.321 e. The van der Waals surface area contributed by atoms with Crippen molar-refractivity contribution in [2.45, 2.75) is 17.6 Å². The molecule has 0 saturated heterocycles. The predicted molar refractivity (Wildman–Crippen MR) is 144 cm³/mol. The Kier molecular flexibility index (Phi) is 8.15. The van der Waals surface area contributed by atoms with Crippen molar-refractivity contribution in [3.05, 3.63) is 137 Å². The summed E-state index contributed by atoms with van der Waals surface area (Å²) in [5, 5.41) is 5.74. The number of nitrogens with one attached hydrogen (secondary N) is 2. The highest BCUT2D eigenvalue weighted by Gasteiger charge is 2.15. The lowest BCUT2D eigenvalue weighted by atomic mass is 10.1. The van der Waals surface area contributed by atoms with E-state index in [0.717, 1.165) is 21.8 Å². The average Bonchev–Trinajstić information content (AvgIpc) is 2.89. The number of hydrogen-bond acceptors (Lipinski definition) is 3. The lowest BCUT2D eigenvalue weighted by Gasteiger charge is -2.13. The Labute approximate surface area is 210 Å². The van der Waals surface area contributed by atoms with Gasteiger partial charge in [0.05, 0.1) is 0 Å². The summed E-state index contributed by atoms with van der Waals surface area (Å²) in [6, 6.07) is 34.5. The number of carbonyl (C=O) groups is 2. The van der Waals surface area contributed by atoms with Crippen LogP contribution < -0.4 is 10.6 Å². The minimum Gasteiger partial charge on any atom is -0.321 e. The van der Waals surface area contributed by atoms with Gasteiger partial charge in [-0.15, -0.1) is 11.8 Å². The molecule has 0 spiro atoms. The Hall–Kier alpha value is -4.09. The Morgan fingerprint density at radius 1 is 0.800 bits per heavy atom. The Morgan fingerprint density at radius 2 is 1.49 bits per heavy atom. The predicted octanol–water partition coefficient (Wildman–Crippen LogP) is 6.70. The van der Waals surface area contributed by atoms with Crippen molar-refractivity contribution >= 4 is 35.3 Å². The summed E-state index contributed by atoms with van der Waals surface area (Å²) < 4.78 is 0. The maximum absolute atomic E-state index is 13.3. The van der Waals surface area contributed by atoms with Crippen LogP contribution >= 0.6 is 11.8 Å². The molecule has 174 valence electrons. The molecule has 4 aromatic carbocycles. The van der Waals surface area contributed by atoms with Gasteiger partial charge >= 0.3 is 0 Å². The van der Waals surface area contributed by atoms with Gasteiger partial charge in [0.1, 0.15) is 5.70 Å². The van der Waals surface area contributed by atoms with E-state index in [9.17, 15) is 9.59 Å². The topological polar surface area (TPSA) is 58.2 Å². The van der Waals surface area contributed by atoms with E-state index in [1.807, 2.05) is 79.7 Å². The molecule has 0 aliphatic rings. The summed E-state index contributed by atoms with van der Waals surface area (Å²) >= 11 is 1.70. The minimum absolute atomic E-state index is 0.176. The molecule has 5 heteroatoms. The van der Waals surface area contributed by atoms with Gasteiger partial charge in [0.25, 0.3) is 11.8 Å². The smallest absolute Gasteiger partial charge is 0.272 e. The number of anilines is 1. The van der Waals surface area contributed by atoms with Crippen LogP contribution in [0, 0.1) is 6.92 Å². The Bertz CT molecular complexity index is 1330. The van der Waals surface area contributed by atoms with Crippen molar-refractivity contribution < 1.29 is 9.59 Å². The molecular formula is C30H26N2O2S. The maximum Gasteiger partial charge on any atom is 0.272 e. The fourth-order valence-electron chi connectivity index (χ4n) is 3.45. The van der Waals surface area contributed by atoms with E-state index >= 15 is 0 Å². The lowest BCUT2D eigenvalue weighted by molar-refractivity contribution is -0.113. The number of hydrogen-bond donors (Lipinski definition) is 2. The highest BCUT2D eigenvalue weighted by molar-refractivity contribution is 7.98. The zero-order valence-electron chi connectivity index (χ0n) is 19.4. The van der Waals surface area contributed by atoms with Gasteiger partial charge in [-0.05, 0) is 60.0 Å². The van der Waals surface area contributed by atoms with E-state index in [1.54, 1.807) is 42.1 Å². The monoisotopic (exact) mass is 478 g/mol. The van der Waals surface area contributed by atoms with Crippen molar-refractivity contribution in [3.8, 4) is 0 Å². The van der Waals surface area contributed by atoms with Crippen molar-refractivity contribution in [2.75, 3.05) is 5.32 Å². The van der Waals surface area contributed by atoms with E-state index in [2.05, 4.69) is 22.8 Å². The van der Waals surface area contributed by atoms with Gasteiger partial charge in [-0.2, -0.15) is 0 Å². The standard InChI is InChI=1S/C30H26N2O2S/c1-22-11-8-9-16-25(22)19-28(32-29(33)24-14-6-3-7-15-24)30(34)31-26-17-10-18-27(20-26)35-21-23-12-4-2-5-13-23/h2-20H,21H2,1H3,(H,31,34)(H,32,33)/b28-19-. The Balaban J connectivity index is 1.53. The average molecular weight is 479 g/mol. The first kappa shape index (κ1) is 24.0. The fourth-order valence-corrected chi connectivity index (χ4v) is 4.36. The zero-order chi connectivity index (χ0) is 24.5. The molecule has 0 bridgehead atoms. The number of rotatable bonds is 8. The molecule has 35 heavy (non-hydrogen) atoms. The third kappa shape index (κ3) is 6.95. The quantitative estimate of drug-likeness (QED) is 0.219. The second kappa shape index (κ2) is 11.9. The molecule has 4 nitrogen and oxygen atoms in total. The molecule has 0 saturated carbocycles. The number of benzene rings is 4. The van der Waals surface area contributed by atoms with Gasteiger partial charge in [0.15, 0.2) is 0 Å². The normalized spacial score (nSPS) is 11.1. The molecule has 0 unspecified atom stereocenters. The van der Waals surface area contributed by atoms with Crippen molar-refractivity contribution in [1.29, 1.82) is 0 Å². The van der Waals surface area contributed by atoms with Crippen molar-refractivity contribution in [3.63, 3.8) is 0 Å². The summed E-state index contributed by atoms with van der Waals surface area (Å²) in [5.74, 6) is 0.111. The summed E-state index contributed by atoms with van der Waals surface area (Å²) in [5.41, 5.74) is 4.42. The first-order valence-electron chi connectivity index (χ1n) is 11.3. The Morgan fingerprint density at radius 3 is 2.23 bits per heavy atom. The van der Waals surface area contributed by atoms with E-state index in [1.165, 1.54) is 5.56 Å². The molecule has 0 radical (unpaired) electrons. The molecule has 2 amide bonds. The summed E-state index contributed by atoms with van der Waals surface area (Å²) in [7, 11) is 0. The molecule has 0 heterocycles. The van der Waals surface area contributed by atoms with Crippen LogP contribution in [0.15, 0.2) is 120 Å². The molecule has 0 aromatic heterocycles. The van der Waals surface area contributed by atoms with Gasteiger partial charge in [0.2, 0.25) is 0 Å². The molecule has 4 rings (SSSR count). The highest BCUT2D eigenvalue weighted by Crippen LogP contribution is 2.25. The van der Waals surface area contributed by atoms with Crippen LogP contribution in [0.3, 0.4) is 0 Å². The first-order chi connectivity index (χ1) is 17.1. The van der Waals surface area contributed by atoms with Gasteiger partial charge in [-0.3, -0.25) is 9.59 Å². The fraction of sp³-hybridized carbons (Fsp3) is 0.0667. The molecule has 0 fully saturated rings. The zero-order valence-corrected chi connectivity index (χ0v) is 20.2. The van der Waals surface area contributed by atoms with Crippen LogP contribution in [-0.2, 0) is 10.5 Å². The highest BCUT2D eigenvalue weighted by atomic mass is 32.2. The van der Waals surface area contributed by atoms with Crippen molar-refractivity contribution in [1.82, 2.24) is 5.32 Å². The van der Waals surface area contributed by atoms with E-state index < -0.39 is 0 Å². The molecule has 0 aliphatic heterocycles. The van der Waals surface area contributed by atoms with E-state index in [0.29, 0.717) is 11.3 Å². The maximum atomic E-state index is 13.3. The van der Waals surface area contributed by atoms with Crippen LogP contribution in [0.25, 0.3) is 6.08 Å². The molecule has 0 atom stereocenters. The summed E-state index contributed by atoms with van der Waals surface area (Å²) in [6.45, 7) is 1.97. The van der Waals surface area contributed by atoms with Crippen LogP contribution in [0.2, 0.25) is 0 Å². The van der Waals surface area contributed by atoms with Crippen molar-refractivity contribution in [2.24, 2.45) is 0 Å². The van der Waals surface area contributed by atoms with Gasteiger partial charge in [0, 0.05) is 21.9 Å². The van der Waals surface area contributed by atoms with Crippen LogP contribution in [0.5, 0.6) is 0 Å². The summed E-state index contributed by atoms with van der Waals surface area (Å²) in [6.07, 6.45) is 1.71. The third-order valence-electron chi connectivity index (χ3n) is 5.36. The third-order valence-corrected chi connectivity index (χ3v) is 6.42. The van der Waals surface area contributed by atoms with E-state index in [4.69, 9.17) is 0 Å².